The molecule has 20 nitrogen and oxygen atoms in total. The number of nitrogens with zero attached hydrogens (tertiary/aromatic N) is 5. The molecule has 1 aliphatic heterocycles. The van der Waals surface area contributed by atoms with E-state index in [4.69, 9.17) is 14.6 Å². The number of aryl methyl sites for hydroxylation is 3. The van der Waals surface area contributed by atoms with Crippen LogP contribution < -0.4 is 30.7 Å². The molecule has 3 aromatic heterocycles. The molecule has 0 bridgehead atoms. The Balaban J connectivity index is 1.14. The largest absolute Gasteiger partial charge is 0.493 e. The number of anilines is 3. The SMILES string of the molecule is CCSC(SCC)[C@@H]1CCCN1C(=O)c1cc(OC)c(OCCCC(=O)Nc2cc(C(=O)Nc3cc(C(=O)Nc4cc(C(=O)NCC(=O)O)n(C)c4)n(C)c3)n(C)c2)cc1[N+](=O)[O-]. The summed E-state index contributed by atoms with van der Waals surface area (Å²) in [5.41, 5.74) is 1.01. The van der Waals surface area contributed by atoms with Gasteiger partial charge in [-0.15, -0.1) is 23.5 Å². The number of amides is 5. The van der Waals surface area contributed by atoms with Crippen molar-refractivity contribution in [3.63, 3.8) is 0 Å². The van der Waals surface area contributed by atoms with Gasteiger partial charge in [-0.1, -0.05) is 13.8 Å². The van der Waals surface area contributed by atoms with E-state index in [0.717, 1.165) is 24.3 Å². The zero-order chi connectivity index (χ0) is 46.0. The summed E-state index contributed by atoms with van der Waals surface area (Å²) in [5, 5.41) is 31.5. The third-order valence-corrected chi connectivity index (χ3v) is 12.7. The third kappa shape index (κ3) is 11.9. The summed E-state index contributed by atoms with van der Waals surface area (Å²) in [4.78, 5) is 89.6. The van der Waals surface area contributed by atoms with Crippen LogP contribution in [0.25, 0.3) is 0 Å². The third-order valence-electron chi connectivity index (χ3n) is 9.96. The van der Waals surface area contributed by atoms with Gasteiger partial charge in [0.1, 0.15) is 29.2 Å². The zero-order valence-corrected chi connectivity index (χ0v) is 37.4. The van der Waals surface area contributed by atoms with Gasteiger partial charge in [0.15, 0.2) is 11.5 Å². The molecule has 5 amide bonds. The van der Waals surface area contributed by atoms with E-state index in [1.807, 2.05) is 0 Å². The van der Waals surface area contributed by atoms with E-state index >= 15 is 0 Å². The van der Waals surface area contributed by atoms with Crippen LogP contribution in [0.2, 0.25) is 0 Å². The van der Waals surface area contributed by atoms with Crippen molar-refractivity contribution in [1.82, 2.24) is 23.9 Å². The van der Waals surface area contributed by atoms with E-state index in [9.17, 15) is 38.9 Å². The molecular formula is C41H51N9O11S2. The molecule has 22 heteroatoms. The zero-order valence-electron chi connectivity index (χ0n) is 35.7. The molecule has 0 aliphatic carbocycles. The summed E-state index contributed by atoms with van der Waals surface area (Å²) >= 11 is 3.55. The molecule has 338 valence electrons. The van der Waals surface area contributed by atoms with Crippen LogP contribution in [0.3, 0.4) is 0 Å². The molecule has 1 saturated heterocycles. The first-order valence-corrected chi connectivity index (χ1v) is 22.1. The Bertz CT molecular complexity index is 2370. The van der Waals surface area contributed by atoms with Gasteiger partial charge in [-0.3, -0.25) is 38.9 Å². The number of rotatable bonds is 21. The fourth-order valence-corrected chi connectivity index (χ4v) is 9.94. The second kappa shape index (κ2) is 21.6. The average molecular weight is 910 g/mol. The van der Waals surface area contributed by atoms with Gasteiger partial charge in [-0.25, -0.2) is 0 Å². The number of aromatic nitrogens is 3. The van der Waals surface area contributed by atoms with Gasteiger partial charge in [0.05, 0.1) is 52.4 Å². The number of nitro benzene ring substituents is 1. The van der Waals surface area contributed by atoms with E-state index in [1.54, 1.807) is 55.8 Å². The van der Waals surface area contributed by atoms with Gasteiger partial charge in [-0.2, -0.15) is 0 Å². The highest BCUT2D eigenvalue weighted by molar-refractivity contribution is 8.17. The fourth-order valence-electron chi connectivity index (χ4n) is 7.08. The van der Waals surface area contributed by atoms with Gasteiger partial charge in [0, 0.05) is 58.8 Å². The number of nitro groups is 1. The van der Waals surface area contributed by atoms with Crippen molar-refractivity contribution in [3.8, 4) is 11.5 Å². The quantitative estimate of drug-likeness (QED) is 0.0314. The number of likely N-dealkylation sites (tertiary alicyclic amines) is 1. The number of thioether (sulfide) groups is 2. The van der Waals surface area contributed by atoms with Gasteiger partial charge >= 0.3 is 5.97 Å². The lowest BCUT2D eigenvalue weighted by atomic mass is 10.1. The number of methoxy groups -OCH3 is 1. The van der Waals surface area contributed by atoms with Crippen molar-refractivity contribution >= 4 is 81.8 Å². The van der Waals surface area contributed by atoms with Gasteiger partial charge in [-0.05, 0) is 49.0 Å². The van der Waals surface area contributed by atoms with Crippen molar-refractivity contribution < 1.29 is 48.3 Å². The van der Waals surface area contributed by atoms with E-state index in [1.165, 1.54) is 63.5 Å². The number of nitrogens with one attached hydrogen (secondary N) is 4. The van der Waals surface area contributed by atoms with Crippen LogP contribution in [0.4, 0.5) is 22.7 Å². The predicted molar refractivity (Wildman–Crippen MR) is 239 cm³/mol. The average Bonchev–Trinajstić information content (AvgIpc) is 4.04. The van der Waals surface area contributed by atoms with Crippen LogP contribution in [0.15, 0.2) is 48.9 Å². The molecular weight excluding hydrogens is 859 g/mol. The predicted octanol–water partition coefficient (Wildman–Crippen LogP) is 5.17. The summed E-state index contributed by atoms with van der Waals surface area (Å²) in [6.07, 6.45) is 6.46. The van der Waals surface area contributed by atoms with Crippen LogP contribution in [-0.4, -0.2) is 113 Å². The molecule has 0 unspecified atom stereocenters. The summed E-state index contributed by atoms with van der Waals surface area (Å²) in [6.45, 7) is 4.09. The maximum atomic E-state index is 13.8. The lowest BCUT2D eigenvalue weighted by Gasteiger charge is -2.31. The Morgan fingerprint density at radius 2 is 1.37 bits per heavy atom. The van der Waals surface area contributed by atoms with Crippen LogP contribution in [-0.2, 0) is 30.7 Å². The molecule has 1 aliphatic rings. The number of benzene rings is 1. The molecule has 63 heavy (non-hydrogen) atoms. The maximum Gasteiger partial charge on any atom is 0.322 e. The van der Waals surface area contributed by atoms with Gasteiger partial charge < -0.3 is 54.4 Å². The highest BCUT2D eigenvalue weighted by Crippen LogP contribution is 2.39. The first-order chi connectivity index (χ1) is 30.0. The Labute approximate surface area is 371 Å². The molecule has 5 N–H and O–H groups in total. The molecule has 0 spiro atoms. The van der Waals surface area contributed by atoms with E-state index in [0.29, 0.717) is 23.6 Å². The van der Waals surface area contributed by atoms with Crippen molar-refractivity contribution in [2.75, 3.05) is 54.3 Å². The summed E-state index contributed by atoms with van der Waals surface area (Å²) in [7, 11) is 6.19. The van der Waals surface area contributed by atoms with Gasteiger partial charge in [0.2, 0.25) is 5.91 Å². The first-order valence-electron chi connectivity index (χ1n) is 20.0. The van der Waals surface area contributed by atoms with Crippen molar-refractivity contribution in [2.45, 2.75) is 50.2 Å². The summed E-state index contributed by atoms with van der Waals surface area (Å²) in [6, 6.07) is 6.84. The lowest BCUT2D eigenvalue weighted by Crippen LogP contribution is -2.41. The maximum absolute atomic E-state index is 13.8. The highest BCUT2D eigenvalue weighted by Gasteiger charge is 2.38. The molecule has 4 heterocycles. The number of carbonyl (C=O) groups is 6. The molecule has 1 aromatic carbocycles. The van der Waals surface area contributed by atoms with Crippen molar-refractivity contribution in [3.05, 3.63) is 81.7 Å². The smallest absolute Gasteiger partial charge is 0.322 e. The molecule has 5 rings (SSSR count). The molecule has 1 fully saturated rings. The number of hydrogen-bond donors (Lipinski definition) is 5. The summed E-state index contributed by atoms with van der Waals surface area (Å²) < 4.78 is 16.0. The second-order valence-corrected chi connectivity index (χ2v) is 17.6. The van der Waals surface area contributed by atoms with E-state index in [2.05, 4.69) is 35.1 Å². The van der Waals surface area contributed by atoms with Crippen LogP contribution in [0.5, 0.6) is 11.5 Å². The van der Waals surface area contributed by atoms with E-state index in [-0.39, 0.29) is 70.1 Å². The highest BCUT2D eigenvalue weighted by atomic mass is 32.2. The summed E-state index contributed by atoms with van der Waals surface area (Å²) in [5.74, 6) is -1.68. The van der Waals surface area contributed by atoms with Crippen LogP contribution >= 0.6 is 23.5 Å². The number of aliphatic carboxylic acids is 1. The first kappa shape index (κ1) is 47.6. The number of carboxylic acid groups (broad SMARTS) is 1. The topological polar surface area (TPSA) is 250 Å². The fraction of sp³-hybridized carbons (Fsp3) is 0.415. The molecule has 1 atom stereocenters. The van der Waals surface area contributed by atoms with E-state index < -0.39 is 46.8 Å². The Hall–Kier alpha value is -6.42. The van der Waals surface area contributed by atoms with Crippen molar-refractivity contribution in [2.24, 2.45) is 21.1 Å². The lowest BCUT2D eigenvalue weighted by molar-refractivity contribution is -0.385. The van der Waals surface area contributed by atoms with Crippen molar-refractivity contribution in [1.29, 1.82) is 0 Å². The minimum absolute atomic E-state index is 0.00423. The molecule has 0 radical (unpaired) electrons. The minimum atomic E-state index is -1.20. The number of ether oxygens (including phenoxy) is 2. The molecule has 4 aromatic rings. The Morgan fingerprint density at radius 1 is 0.825 bits per heavy atom. The van der Waals surface area contributed by atoms with Crippen LogP contribution in [0, 0.1) is 10.1 Å². The minimum Gasteiger partial charge on any atom is -0.493 e. The molecule has 0 saturated carbocycles. The number of carbonyl (C=O) groups excluding carboxylic acids is 5. The standard InChI is InChI=1S/C41H51N9O11S2/c1-7-62-41(63-8-2)28-11-9-13-49(28)40(57)27-18-33(60-6)34(19-29(27)50(58)59)61-14-10-12-35(51)43-24-15-31(47(4)21-24)38(55)45-26-17-32(48(5)23-26)39(56)44-25-16-30(46(3)22-25)37(54)42-20-36(52)53/h15-19,21-23,28,41H,7-14,20H2,1-6H3,(H,42,54)(H,43,51)(H,44,56)(H,45,55)(H,52,53)/t28-/m0/s1. The Morgan fingerprint density at radius 3 is 1.87 bits per heavy atom. The van der Waals surface area contributed by atoms with Crippen LogP contribution in [0.1, 0.15) is 81.4 Å². The Kier molecular flexibility index (Phi) is 16.3. The van der Waals surface area contributed by atoms with Gasteiger partial charge in [0.25, 0.3) is 29.3 Å². The second-order valence-electron chi connectivity index (χ2n) is 14.4. The normalized spacial score (nSPS) is 13.4. The number of hydrogen-bond acceptors (Lipinski definition) is 12. The monoisotopic (exact) mass is 909 g/mol. The number of carboxylic acids is 1.